The summed E-state index contributed by atoms with van der Waals surface area (Å²) in [6.07, 6.45) is 8.86. The lowest BCUT2D eigenvalue weighted by molar-refractivity contribution is 0.107. The van der Waals surface area contributed by atoms with Crippen molar-refractivity contribution >= 4 is 29.9 Å². The minimum atomic E-state index is 0. The number of halogens is 1. The number of guanidine groups is 1. The molecule has 0 aromatic rings. The first-order chi connectivity index (χ1) is 10.2. The summed E-state index contributed by atoms with van der Waals surface area (Å²) in [5.41, 5.74) is 6.58. The van der Waals surface area contributed by atoms with Crippen molar-refractivity contribution in [3.63, 3.8) is 0 Å². The highest BCUT2D eigenvalue weighted by molar-refractivity contribution is 14.0. The Labute approximate surface area is 153 Å². The monoisotopic (exact) mass is 423 g/mol. The number of rotatable bonds is 6. The molecule has 4 nitrogen and oxygen atoms in total. The van der Waals surface area contributed by atoms with Gasteiger partial charge in [0.1, 0.15) is 0 Å². The number of aliphatic imine (C=N–C) groups is 1. The van der Waals surface area contributed by atoms with Gasteiger partial charge in [-0.15, -0.1) is 24.0 Å². The lowest BCUT2D eigenvalue weighted by Crippen LogP contribution is -2.43. The van der Waals surface area contributed by atoms with Crippen LogP contribution in [0.4, 0.5) is 0 Å². The van der Waals surface area contributed by atoms with Crippen molar-refractivity contribution < 1.29 is 4.74 Å². The fourth-order valence-corrected chi connectivity index (χ4v) is 3.63. The van der Waals surface area contributed by atoms with E-state index in [9.17, 15) is 0 Å². The summed E-state index contributed by atoms with van der Waals surface area (Å²) < 4.78 is 5.57. The van der Waals surface area contributed by atoms with Crippen molar-refractivity contribution in [2.45, 2.75) is 58.8 Å². The van der Waals surface area contributed by atoms with Crippen LogP contribution >= 0.6 is 24.0 Å². The molecule has 0 aromatic carbocycles. The van der Waals surface area contributed by atoms with Gasteiger partial charge in [0.05, 0.1) is 0 Å². The summed E-state index contributed by atoms with van der Waals surface area (Å²) in [5, 5.41) is 0. The van der Waals surface area contributed by atoms with Gasteiger partial charge in [-0.3, -0.25) is 4.99 Å². The number of hydrogen-bond donors (Lipinski definition) is 1. The van der Waals surface area contributed by atoms with E-state index in [1.54, 1.807) is 0 Å². The topological polar surface area (TPSA) is 50.9 Å². The van der Waals surface area contributed by atoms with Gasteiger partial charge in [0.25, 0.3) is 0 Å². The molecule has 0 atom stereocenters. The van der Waals surface area contributed by atoms with Crippen molar-refractivity contribution in [3.8, 4) is 0 Å². The second-order valence-corrected chi connectivity index (χ2v) is 7.00. The van der Waals surface area contributed by atoms with Gasteiger partial charge in [0, 0.05) is 32.8 Å². The first kappa shape index (κ1) is 20.0. The molecule has 2 fully saturated rings. The summed E-state index contributed by atoms with van der Waals surface area (Å²) in [7, 11) is 0. The Kier molecular flexibility index (Phi) is 9.05. The van der Waals surface area contributed by atoms with E-state index in [-0.39, 0.29) is 24.0 Å². The zero-order valence-electron chi connectivity index (χ0n) is 14.4. The Hall–Kier alpha value is -0.0400. The molecule has 0 aromatic heterocycles. The lowest BCUT2D eigenvalue weighted by Gasteiger charge is -2.32. The number of likely N-dealkylation sites (tertiary alicyclic amines) is 1. The summed E-state index contributed by atoms with van der Waals surface area (Å²) >= 11 is 0. The molecule has 1 saturated heterocycles. The van der Waals surface area contributed by atoms with Gasteiger partial charge < -0.3 is 15.4 Å². The molecule has 1 aliphatic carbocycles. The smallest absolute Gasteiger partial charge is 0.191 e. The number of nitrogens with zero attached hydrogens (tertiary/aromatic N) is 2. The van der Waals surface area contributed by atoms with Gasteiger partial charge in [-0.05, 0) is 50.4 Å². The molecule has 1 saturated carbocycles. The van der Waals surface area contributed by atoms with Crippen LogP contribution in [0.2, 0.25) is 0 Å². The van der Waals surface area contributed by atoms with Gasteiger partial charge in [-0.25, -0.2) is 0 Å². The zero-order chi connectivity index (χ0) is 15.1. The van der Waals surface area contributed by atoms with Crippen LogP contribution in [0.15, 0.2) is 4.99 Å². The maximum absolute atomic E-state index is 6.23. The van der Waals surface area contributed by atoms with E-state index in [1.807, 2.05) is 0 Å². The van der Waals surface area contributed by atoms with Gasteiger partial charge in [0.2, 0.25) is 0 Å². The third kappa shape index (κ3) is 5.87. The fourth-order valence-electron chi connectivity index (χ4n) is 3.63. The van der Waals surface area contributed by atoms with Crippen LogP contribution in [-0.2, 0) is 4.74 Å². The maximum Gasteiger partial charge on any atom is 0.191 e. The van der Waals surface area contributed by atoms with Gasteiger partial charge in [-0.2, -0.15) is 0 Å². The highest BCUT2D eigenvalue weighted by Gasteiger charge is 2.33. The maximum atomic E-state index is 6.23. The Morgan fingerprint density at radius 1 is 1.27 bits per heavy atom. The molecule has 0 radical (unpaired) electrons. The summed E-state index contributed by atoms with van der Waals surface area (Å²) in [4.78, 5) is 7.04. The van der Waals surface area contributed by atoms with Crippen LogP contribution in [0.1, 0.15) is 58.8 Å². The molecule has 1 heterocycles. The molecule has 0 spiro atoms. The Morgan fingerprint density at radius 3 is 2.50 bits per heavy atom. The van der Waals surface area contributed by atoms with Crippen LogP contribution in [0.5, 0.6) is 0 Å². The summed E-state index contributed by atoms with van der Waals surface area (Å²) in [6.45, 7) is 9.10. The van der Waals surface area contributed by atoms with E-state index in [2.05, 4.69) is 18.7 Å². The normalized spacial score (nSPS) is 22.6. The second-order valence-electron chi connectivity index (χ2n) is 7.00. The molecule has 5 heteroatoms. The second kappa shape index (κ2) is 9.96. The van der Waals surface area contributed by atoms with Crippen molar-refractivity contribution in [1.29, 1.82) is 0 Å². The molecule has 2 aliphatic rings. The average molecular weight is 423 g/mol. The third-order valence-electron chi connectivity index (χ3n) is 5.33. The van der Waals surface area contributed by atoms with Gasteiger partial charge in [-0.1, -0.05) is 19.8 Å². The van der Waals surface area contributed by atoms with E-state index in [4.69, 9.17) is 15.5 Å². The highest BCUT2D eigenvalue weighted by atomic mass is 127. The van der Waals surface area contributed by atoms with Crippen molar-refractivity contribution in [1.82, 2.24) is 4.90 Å². The van der Waals surface area contributed by atoms with Gasteiger partial charge in [0.15, 0.2) is 5.96 Å². The van der Waals surface area contributed by atoms with E-state index < -0.39 is 0 Å². The SMILES string of the molecule is CCOCCC1(CN=C(N)N2CCC(C)CC2)CCCC1.I. The van der Waals surface area contributed by atoms with Crippen LogP contribution in [0.3, 0.4) is 0 Å². The predicted octanol–water partition coefficient (Wildman–Crippen LogP) is 3.64. The molecule has 130 valence electrons. The zero-order valence-corrected chi connectivity index (χ0v) is 16.7. The first-order valence-corrected chi connectivity index (χ1v) is 8.78. The lowest BCUT2D eigenvalue weighted by atomic mass is 9.83. The number of nitrogens with two attached hydrogens (primary N) is 1. The average Bonchev–Trinajstić information content (AvgIpc) is 2.95. The molecule has 2 N–H and O–H groups in total. The van der Waals surface area contributed by atoms with E-state index in [0.29, 0.717) is 5.41 Å². The molecular weight excluding hydrogens is 389 g/mol. The summed E-state index contributed by atoms with van der Waals surface area (Å²) in [5.74, 6) is 1.60. The molecule has 0 bridgehead atoms. The van der Waals surface area contributed by atoms with Crippen LogP contribution in [0.25, 0.3) is 0 Å². The largest absolute Gasteiger partial charge is 0.382 e. The quantitative estimate of drug-likeness (QED) is 0.307. The molecule has 1 aliphatic heterocycles. The van der Waals surface area contributed by atoms with Gasteiger partial charge >= 0.3 is 0 Å². The predicted molar refractivity (Wildman–Crippen MR) is 104 cm³/mol. The van der Waals surface area contributed by atoms with Crippen LogP contribution < -0.4 is 5.73 Å². The van der Waals surface area contributed by atoms with Crippen LogP contribution in [-0.4, -0.2) is 43.7 Å². The van der Waals surface area contributed by atoms with Crippen molar-refractivity contribution in [2.24, 2.45) is 22.1 Å². The van der Waals surface area contributed by atoms with E-state index >= 15 is 0 Å². The molecule has 22 heavy (non-hydrogen) atoms. The number of piperidine rings is 1. The first-order valence-electron chi connectivity index (χ1n) is 8.78. The molecule has 2 rings (SSSR count). The molecular formula is C17H34IN3O. The summed E-state index contributed by atoms with van der Waals surface area (Å²) in [6, 6.07) is 0. The highest BCUT2D eigenvalue weighted by Crippen LogP contribution is 2.41. The Balaban J connectivity index is 0.00000242. The minimum absolute atomic E-state index is 0. The van der Waals surface area contributed by atoms with Crippen molar-refractivity contribution in [3.05, 3.63) is 0 Å². The number of ether oxygens (including phenoxy) is 1. The minimum Gasteiger partial charge on any atom is -0.382 e. The Morgan fingerprint density at radius 2 is 1.91 bits per heavy atom. The standard InChI is InChI=1S/C17H33N3O.HI/c1-3-21-13-10-17(8-4-5-9-17)14-19-16(18)20-11-6-15(2)7-12-20;/h15H,3-14H2,1-2H3,(H2,18,19);1H. The van der Waals surface area contributed by atoms with Crippen molar-refractivity contribution in [2.75, 3.05) is 32.8 Å². The fraction of sp³-hybridized carbons (Fsp3) is 0.941. The molecule has 0 amide bonds. The van der Waals surface area contributed by atoms with E-state index in [1.165, 1.54) is 38.5 Å². The third-order valence-corrected chi connectivity index (χ3v) is 5.33. The molecule has 0 unspecified atom stereocenters. The van der Waals surface area contributed by atoms with E-state index in [0.717, 1.165) is 51.1 Å². The number of hydrogen-bond acceptors (Lipinski definition) is 2. The van der Waals surface area contributed by atoms with Crippen LogP contribution in [0, 0.1) is 11.3 Å². The Bertz CT molecular complexity index is 335.